The summed E-state index contributed by atoms with van der Waals surface area (Å²) in [6.07, 6.45) is 0.653. The molecular weight excluding hydrogens is 352 g/mol. The van der Waals surface area contributed by atoms with E-state index in [4.69, 9.17) is 0 Å². The highest BCUT2D eigenvalue weighted by molar-refractivity contribution is 7.91. The molecule has 1 aromatic carbocycles. The monoisotopic (exact) mass is 378 g/mol. The van der Waals surface area contributed by atoms with Gasteiger partial charge in [0, 0.05) is 31.7 Å². The molecule has 0 bridgehead atoms. The third-order valence-electron chi connectivity index (χ3n) is 5.43. The number of sulfone groups is 1. The normalized spacial score (nSPS) is 25.1. The first kappa shape index (κ1) is 18.9. The van der Waals surface area contributed by atoms with Crippen LogP contribution in [0.2, 0.25) is 0 Å². The highest BCUT2D eigenvalue weighted by Gasteiger charge is 2.40. The Hall–Kier alpha value is -1.89. The van der Waals surface area contributed by atoms with Gasteiger partial charge >= 0.3 is 0 Å². The molecule has 2 heterocycles. The van der Waals surface area contributed by atoms with Gasteiger partial charge in [-0.3, -0.25) is 9.59 Å². The number of rotatable bonds is 4. The molecule has 26 heavy (non-hydrogen) atoms. The van der Waals surface area contributed by atoms with Gasteiger partial charge in [0.15, 0.2) is 9.84 Å². The minimum Gasteiger partial charge on any atom is -0.341 e. The number of hydrogen-bond acceptors (Lipinski definition) is 4. The maximum Gasteiger partial charge on any atom is 0.228 e. The van der Waals surface area contributed by atoms with Crippen molar-refractivity contribution in [2.24, 2.45) is 5.92 Å². The maximum atomic E-state index is 12.8. The molecule has 2 atom stereocenters. The summed E-state index contributed by atoms with van der Waals surface area (Å²) in [6, 6.07) is 7.59. The van der Waals surface area contributed by atoms with Gasteiger partial charge in [-0.25, -0.2) is 8.42 Å². The lowest BCUT2D eigenvalue weighted by molar-refractivity contribution is -0.136. The van der Waals surface area contributed by atoms with Gasteiger partial charge in [-0.1, -0.05) is 26.0 Å². The summed E-state index contributed by atoms with van der Waals surface area (Å²) in [5, 5.41) is 0. The van der Waals surface area contributed by atoms with Crippen molar-refractivity contribution in [2.45, 2.75) is 38.6 Å². The van der Waals surface area contributed by atoms with E-state index >= 15 is 0 Å². The SMILES string of the molecule is CC(C)c1cccc(N2CC(C(=O)N(C)C3CCS(=O)(=O)C3)CC2=O)c1. The van der Waals surface area contributed by atoms with Crippen LogP contribution in [0.5, 0.6) is 0 Å². The molecule has 2 aliphatic rings. The molecule has 0 N–H and O–H groups in total. The highest BCUT2D eigenvalue weighted by atomic mass is 32.2. The van der Waals surface area contributed by atoms with Crippen molar-refractivity contribution in [3.05, 3.63) is 29.8 Å². The molecule has 2 amide bonds. The van der Waals surface area contributed by atoms with Gasteiger partial charge < -0.3 is 9.80 Å². The minimum absolute atomic E-state index is 0.0239. The fraction of sp³-hybridized carbons (Fsp3) is 0.579. The lowest BCUT2D eigenvalue weighted by atomic mass is 10.0. The summed E-state index contributed by atoms with van der Waals surface area (Å²) >= 11 is 0. The Balaban J connectivity index is 1.71. The first-order valence-electron chi connectivity index (χ1n) is 9.05. The number of carbonyl (C=O) groups excluding carboxylic acids is 2. The van der Waals surface area contributed by atoms with Crippen molar-refractivity contribution in [3.63, 3.8) is 0 Å². The maximum absolute atomic E-state index is 12.8. The van der Waals surface area contributed by atoms with E-state index in [1.807, 2.05) is 24.3 Å². The second-order valence-corrected chi connectivity index (χ2v) is 9.89. The Kier molecular flexibility index (Phi) is 5.10. The van der Waals surface area contributed by atoms with Crippen LogP contribution in [0.1, 0.15) is 38.2 Å². The molecule has 1 aromatic rings. The van der Waals surface area contributed by atoms with Crippen molar-refractivity contribution in [1.82, 2.24) is 4.90 Å². The standard InChI is InChI=1S/C19H26N2O4S/c1-13(2)14-5-4-6-16(9-14)21-11-15(10-18(21)22)19(23)20(3)17-7-8-26(24,25)12-17/h4-6,9,13,15,17H,7-8,10-12H2,1-3H3. The van der Waals surface area contributed by atoms with Gasteiger partial charge in [-0.05, 0) is 30.0 Å². The number of anilines is 1. The van der Waals surface area contributed by atoms with Crippen molar-refractivity contribution < 1.29 is 18.0 Å². The molecule has 0 spiro atoms. The Bertz CT molecular complexity index is 819. The average molecular weight is 378 g/mol. The van der Waals surface area contributed by atoms with Crippen molar-refractivity contribution in [2.75, 3.05) is 30.0 Å². The predicted octanol–water partition coefficient (Wildman–Crippen LogP) is 1.81. The number of hydrogen-bond donors (Lipinski definition) is 0. The summed E-state index contributed by atoms with van der Waals surface area (Å²) in [6.45, 7) is 4.55. The zero-order chi connectivity index (χ0) is 19.1. The van der Waals surface area contributed by atoms with Gasteiger partial charge in [0.05, 0.1) is 17.4 Å². The fourth-order valence-corrected chi connectivity index (χ4v) is 5.50. The van der Waals surface area contributed by atoms with E-state index in [-0.39, 0.29) is 35.8 Å². The van der Waals surface area contributed by atoms with Crippen molar-refractivity contribution in [1.29, 1.82) is 0 Å². The van der Waals surface area contributed by atoms with Crippen LogP contribution in [-0.2, 0) is 19.4 Å². The van der Waals surface area contributed by atoms with Gasteiger partial charge in [-0.15, -0.1) is 0 Å². The van der Waals surface area contributed by atoms with Crippen LogP contribution in [0.25, 0.3) is 0 Å². The Morgan fingerprint density at radius 1 is 1.31 bits per heavy atom. The van der Waals surface area contributed by atoms with Crippen LogP contribution >= 0.6 is 0 Å². The number of carbonyl (C=O) groups is 2. The van der Waals surface area contributed by atoms with E-state index in [1.54, 1.807) is 11.9 Å². The molecule has 2 fully saturated rings. The quantitative estimate of drug-likeness (QED) is 0.801. The molecular formula is C19H26N2O4S. The predicted molar refractivity (Wildman–Crippen MR) is 101 cm³/mol. The minimum atomic E-state index is -3.05. The van der Waals surface area contributed by atoms with Gasteiger partial charge in [0.25, 0.3) is 0 Å². The van der Waals surface area contributed by atoms with Gasteiger partial charge in [-0.2, -0.15) is 0 Å². The molecule has 2 aliphatic heterocycles. The fourth-order valence-electron chi connectivity index (χ4n) is 3.72. The van der Waals surface area contributed by atoms with Crippen LogP contribution in [0.4, 0.5) is 5.69 Å². The third-order valence-corrected chi connectivity index (χ3v) is 7.18. The molecule has 3 rings (SSSR count). The van der Waals surface area contributed by atoms with E-state index in [0.29, 0.717) is 18.9 Å². The Labute approximate surface area is 155 Å². The van der Waals surface area contributed by atoms with Crippen LogP contribution in [-0.4, -0.2) is 56.3 Å². The van der Waals surface area contributed by atoms with E-state index < -0.39 is 15.8 Å². The molecule has 7 heteroatoms. The largest absolute Gasteiger partial charge is 0.341 e. The molecule has 0 radical (unpaired) electrons. The summed E-state index contributed by atoms with van der Waals surface area (Å²) in [4.78, 5) is 28.5. The molecule has 0 aromatic heterocycles. The third kappa shape index (κ3) is 3.77. The second kappa shape index (κ2) is 7.02. The number of benzene rings is 1. The molecule has 0 saturated carbocycles. The summed E-state index contributed by atoms with van der Waals surface area (Å²) in [5.74, 6) is -0.0954. The lowest BCUT2D eigenvalue weighted by Gasteiger charge is -2.26. The van der Waals surface area contributed by atoms with Gasteiger partial charge in [0.1, 0.15) is 0 Å². The van der Waals surface area contributed by atoms with Crippen LogP contribution in [0.3, 0.4) is 0 Å². The lowest BCUT2D eigenvalue weighted by Crippen LogP contribution is -2.42. The highest BCUT2D eigenvalue weighted by Crippen LogP contribution is 2.29. The second-order valence-electron chi connectivity index (χ2n) is 7.66. The first-order valence-corrected chi connectivity index (χ1v) is 10.9. The van der Waals surface area contributed by atoms with E-state index in [9.17, 15) is 18.0 Å². The number of nitrogens with zero attached hydrogens (tertiary/aromatic N) is 2. The van der Waals surface area contributed by atoms with Crippen molar-refractivity contribution >= 4 is 27.3 Å². The molecule has 2 saturated heterocycles. The zero-order valence-corrected chi connectivity index (χ0v) is 16.3. The molecule has 6 nitrogen and oxygen atoms in total. The summed E-state index contributed by atoms with van der Waals surface area (Å²) < 4.78 is 23.3. The van der Waals surface area contributed by atoms with E-state index in [1.165, 1.54) is 4.90 Å². The van der Waals surface area contributed by atoms with Gasteiger partial charge in [0.2, 0.25) is 11.8 Å². The first-order chi connectivity index (χ1) is 12.2. The molecule has 2 unspecified atom stereocenters. The van der Waals surface area contributed by atoms with Crippen LogP contribution in [0, 0.1) is 5.92 Å². The van der Waals surface area contributed by atoms with Crippen molar-refractivity contribution in [3.8, 4) is 0 Å². The van der Waals surface area contributed by atoms with Crippen LogP contribution < -0.4 is 4.90 Å². The van der Waals surface area contributed by atoms with Crippen LogP contribution in [0.15, 0.2) is 24.3 Å². The Morgan fingerprint density at radius 3 is 2.65 bits per heavy atom. The zero-order valence-electron chi connectivity index (χ0n) is 15.5. The number of amides is 2. The Morgan fingerprint density at radius 2 is 2.04 bits per heavy atom. The summed E-state index contributed by atoms with van der Waals surface area (Å²) in [5.41, 5.74) is 1.97. The average Bonchev–Trinajstić information content (AvgIpc) is 3.16. The molecule has 0 aliphatic carbocycles. The van der Waals surface area contributed by atoms with E-state index in [0.717, 1.165) is 11.3 Å². The summed E-state index contributed by atoms with van der Waals surface area (Å²) in [7, 11) is -1.39. The van der Waals surface area contributed by atoms with E-state index in [2.05, 4.69) is 13.8 Å². The smallest absolute Gasteiger partial charge is 0.228 e. The topological polar surface area (TPSA) is 74.8 Å². The molecule has 142 valence electrons.